The van der Waals surface area contributed by atoms with E-state index < -0.39 is 11.9 Å². The van der Waals surface area contributed by atoms with Crippen molar-refractivity contribution in [3.05, 3.63) is 59.7 Å². The zero-order valence-electron chi connectivity index (χ0n) is 15.9. The van der Waals surface area contributed by atoms with E-state index in [1.54, 1.807) is 12.1 Å². The Kier molecular flexibility index (Phi) is 6.09. The Bertz CT molecular complexity index is 878. The van der Waals surface area contributed by atoms with Gasteiger partial charge in [-0.2, -0.15) is 0 Å². The van der Waals surface area contributed by atoms with Gasteiger partial charge in [0.25, 0.3) is 5.91 Å². The highest BCUT2D eigenvalue weighted by Gasteiger charge is 2.28. The molecule has 6 nitrogen and oxygen atoms in total. The van der Waals surface area contributed by atoms with E-state index in [4.69, 9.17) is 9.47 Å². The Morgan fingerprint density at radius 3 is 2.64 bits per heavy atom. The van der Waals surface area contributed by atoms with Gasteiger partial charge >= 0.3 is 5.97 Å². The predicted octanol–water partition coefficient (Wildman–Crippen LogP) is 3.57. The van der Waals surface area contributed by atoms with Crippen LogP contribution in [0.2, 0.25) is 0 Å². The van der Waals surface area contributed by atoms with Crippen LogP contribution in [0.4, 0.5) is 5.69 Å². The molecule has 0 saturated carbocycles. The Morgan fingerprint density at radius 1 is 1.18 bits per heavy atom. The summed E-state index contributed by atoms with van der Waals surface area (Å²) in [5, 5.41) is 2.66. The number of carbonyl (C=O) groups is 3. The third-order valence-electron chi connectivity index (χ3n) is 4.91. The van der Waals surface area contributed by atoms with Crippen LogP contribution in [0.3, 0.4) is 0 Å². The number of Topliss-reactive ketones (excluding diaryl/α,β-unsaturated/α-hetero) is 1. The maximum absolute atomic E-state index is 12.7. The lowest BCUT2D eigenvalue weighted by atomic mass is 9.85. The molecule has 1 aliphatic rings. The standard InChI is InChI=1S/C22H23NO5/c1-3-14(2)21(15-7-5-4-6-8-15)22(26)28-12-18(24)16-9-10-19-17(11-16)23-20(25)13-27-19/h4-11,14,21H,3,12-13H2,1-2H3,(H,23,25)/t14-,21-/m0/s1. The molecule has 3 rings (SSSR count). The zero-order valence-corrected chi connectivity index (χ0v) is 15.9. The normalized spacial score (nSPS) is 14.9. The van der Waals surface area contributed by atoms with E-state index in [2.05, 4.69) is 5.32 Å². The molecule has 0 fully saturated rings. The summed E-state index contributed by atoms with van der Waals surface area (Å²) in [6.45, 7) is 3.61. The molecule has 0 spiro atoms. The van der Waals surface area contributed by atoms with Crippen LogP contribution in [-0.4, -0.2) is 30.9 Å². The van der Waals surface area contributed by atoms with E-state index in [0.29, 0.717) is 17.0 Å². The second-order valence-corrected chi connectivity index (χ2v) is 6.85. The van der Waals surface area contributed by atoms with Gasteiger partial charge in [0.05, 0.1) is 11.6 Å². The highest BCUT2D eigenvalue weighted by atomic mass is 16.5. The van der Waals surface area contributed by atoms with Crippen LogP contribution in [0, 0.1) is 5.92 Å². The lowest BCUT2D eigenvalue weighted by molar-refractivity contribution is -0.145. The minimum Gasteiger partial charge on any atom is -0.482 e. The SMILES string of the molecule is CC[C@H](C)[C@H](C(=O)OCC(=O)c1ccc2c(c1)NC(=O)CO2)c1ccccc1. The zero-order chi connectivity index (χ0) is 20.1. The van der Waals surface area contributed by atoms with Crippen LogP contribution in [0.5, 0.6) is 5.75 Å². The molecule has 0 bridgehead atoms. The van der Waals surface area contributed by atoms with Crippen molar-refractivity contribution in [1.29, 1.82) is 0 Å². The molecule has 1 aliphatic heterocycles. The molecular formula is C22H23NO5. The fraction of sp³-hybridized carbons (Fsp3) is 0.318. The minimum atomic E-state index is -0.421. The Balaban J connectivity index is 1.68. The molecule has 28 heavy (non-hydrogen) atoms. The molecule has 1 N–H and O–H groups in total. The van der Waals surface area contributed by atoms with Gasteiger partial charge in [-0.25, -0.2) is 0 Å². The molecule has 2 aromatic carbocycles. The number of fused-ring (bicyclic) bond motifs is 1. The second-order valence-electron chi connectivity index (χ2n) is 6.85. The molecule has 0 aromatic heterocycles. The number of carbonyl (C=O) groups excluding carboxylic acids is 3. The number of nitrogens with one attached hydrogen (secondary N) is 1. The minimum absolute atomic E-state index is 0.0472. The molecule has 0 aliphatic carbocycles. The van der Waals surface area contributed by atoms with Crippen molar-refractivity contribution in [2.24, 2.45) is 5.92 Å². The number of anilines is 1. The first-order chi connectivity index (χ1) is 13.5. The Morgan fingerprint density at radius 2 is 1.93 bits per heavy atom. The van der Waals surface area contributed by atoms with E-state index in [1.165, 1.54) is 6.07 Å². The summed E-state index contributed by atoms with van der Waals surface area (Å²) in [5.41, 5.74) is 1.66. The smallest absolute Gasteiger partial charge is 0.314 e. The van der Waals surface area contributed by atoms with Gasteiger partial charge in [-0.1, -0.05) is 50.6 Å². The second kappa shape index (κ2) is 8.69. The number of benzene rings is 2. The third kappa shape index (κ3) is 4.39. The lowest BCUT2D eigenvalue weighted by Crippen LogP contribution is -2.26. The summed E-state index contributed by atoms with van der Waals surface area (Å²) in [6, 6.07) is 14.2. The number of rotatable bonds is 7. The molecule has 0 unspecified atom stereocenters. The van der Waals surface area contributed by atoms with Gasteiger partial charge in [0, 0.05) is 5.56 Å². The number of amides is 1. The summed E-state index contributed by atoms with van der Waals surface area (Å²) < 4.78 is 10.6. The van der Waals surface area contributed by atoms with Gasteiger partial charge in [0.1, 0.15) is 5.75 Å². The van der Waals surface area contributed by atoms with Gasteiger partial charge in [0.2, 0.25) is 0 Å². The first-order valence-electron chi connectivity index (χ1n) is 9.31. The molecule has 1 heterocycles. The van der Waals surface area contributed by atoms with Crippen molar-refractivity contribution < 1.29 is 23.9 Å². The van der Waals surface area contributed by atoms with E-state index >= 15 is 0 Å². The summed E-state index contributed by atoms with van der Waals surface area (Å²) in [7, 11) is 0. The van der Waals surface area contributed by atoms with Crippen molar-refractivity contribution in [1.82, 2.24) is 0 Å². The molecule has 146 valence electrons. The molecule has 2 aromatic rings. The van der Waals surface area contributed by atoms with E-state index in [0.717, 1.165) is 12.0 Å². The van der Waals surface area contributed by atoms with E-state index in [9.17, 15) is 14.4 Å². The Labute approximate surface area is 163 Å². The number of ether oxygens (including phenoxy) is 2. The average Bonchev–Trinajstić information content (AvgIpc) is 2.72. The topological polar surface area (TPSA) is 81.7 Å². The lowest BCUT2D eigenvalue weighted by Gasteiger charge is -2.22. The molecule has 1 amide bonds. The largest absolute Gasteiger partial charge is 0.482 e. The summed E-state index contributed by atoms with van der Waals surface area (Å²) >= 11 is 0. The maximum Gasteiger partial charge on any atom is 0.314 e. The van der Waals surface area contributed by atoms with Crippen LogP contribution >= 0.6 is 0 Å². The third-order valence-corrected chi connectivity index (χ3v) is 4.91. The number of hydrogen-bond donors (Lipinski definition) is 1. The van der Waals surface area contributed by atoms with Crippen LogP contribution in [0.1, 0.15) is 42.1 Å². The quantitative estimate of drug-likeness (QED) is 0.586. The van der Waals surface area contributed by atoms with Crippen molar-refractivity contribution >= 4 is 23.3 Å². The van der Waals surface area contributed by atoms with Crippen LogP contribution < -0.4 is 10.1 Å². The Hall–Kier alpha value is -3.15. The summed E-state index contributed by atoms with van der Waals surface area (Å²) in [4.78, 5) is 36.6. The van der Waals surface area contributed by atoms with E-state index in [-0.39, 0.29) is 30.8 Å². The number of esters is 1. The van der Waals surface area contributed by atoms with Crippen LogP contribution in [-0.2, 0) is 14.3 Å². The monoisotopic (exact) mass is 381 g/mol. The van der Waals surface area contributed by atoms with Crippen molar-refractivity contribution in [3.63, 3.8) is 0 Å². The molecule has 6 heteroatoms. The average molecular weight is 381 g/mol. The van der Waals surface area contributed by atoms with Crippen molar-refractivity contribution in [2.45, 2.75) is 26.2 Å². The van der Waals surface area contributed by atoms with Gasteiger partial charge in [-0.3, -0.25) is 14.4 Å². The van der Waals surface area contributed by atoms with Gasteiger partial charge in [0.15, 0.2) is 19.0 Å². The van der Waals surface area contributed by atoms with Crippen LogP contribution in [0.25, 0.3) is 0 Å². The maximum atomic E-state index is 12.7. The van der Waals surface area contributed by atoms with Gasteiger partial charge in [-0.15, -0.1) is 0 Å². The summed E-state index contributed by atoms with van der Waals surface area (Å²) in [5.74, 6) is -0.858. The van der Waals surface area contributed by atoms with E-state index in [1.807, 2.05) is 44.2 Å². The summed E-state index contributed by atoms with van der Waals surface area (Å²) in [6.07, 6.45) is 0.813. The first kappa shape index (κ1) is 19.6. The highest BCUT2D eigenvalue weighted by molar-refractivity contribution is 6.01. The van der Waals surface area contributed by atoms with Crippen molar-refractivity contribution in [3.8, 4) is 5.75 Å². The predicted molar refractivity (Wildman–Crippen MR) is 104 cm³/mol. The van der Waals surface area contributed by atoms with Crippen molar-refractivity contribution in [2.75, 3.05) is 18.5 Å². The molecule has 0 saturated heterocycles. The molecular weight excluding hydrogens is 358 g/mol. The molecule has 2 atom stereocenters. The number of ketones is 1. The fourth-order valence-corrected chi connectivity index (χ4v) is 3.16. The van der Waals surface area contributed by atoms with Gasteiger partial charge < -0.3 is 14.8 Å². The first-order valence-corrected chi connectivity index (χ1v) is 9.31. The van der Waals surface area contributed by atoms with Crippen LogP contribution in [0.15, 0.2) is 48.5 Å². The molecule has 0 radical (unpaired) electrons. The van der Waals surface area contributed by atoms with Gasteiger partial charge in [-0.05, 0) is 29.7 Å². The fourth-order valence-electron chi connectivity index (χ4n) is 3.16. The highest BCUT2D eigenvalue weighted by Crippen LogP contribution is 2.30. The number of hydrogen-bond acceptors (Lipinski definition) is 5.